The number of piperazine rings is 1. The van der Waals surface area contributed by atoms with E-state index in [1.165, 1.54) is 0 Å². The highest BCUT2D eigenvalue weighted by Gasteiger charge is 2.46. The number of rotatable bonds is 8. The minimum atomic E-state index is -0.972. The van der Waals surface area contributed by atoms with Crippen LogP contribution in [0.2, 0.25) is 5.02 Å². The minimum Gasteiger partial charge on any atom is -0.490 e. The van der Waals surface area contributed by atoms with E-state index in [0.29, 0.717) is 52.0 Å². The third kappa shape index (κ3) is 7.81. The molecule has 2 unspecified atom stereocenters. The molecule has 3 aromatic carbocycles. The van der Waals surface area contributed by atoms with Crippen molar-refractivity contribution in [1.29, 1.82) is 5.26 Å². The van der Waals surface area contributed by atoms with Gasteiger partial charge in [-0.05, 0) is 92.6 Å². The second kappa shape index (κ2) is 16.2. The zero-order valence-electron chi connectivity index (χ0n) is 32.7. The summed E-state index contributed by atoms with van der Waals surface area (Å²) < 4.78 is 12.1. The maximum atomic E-state index is 13.4. The smallest absolute Gasteiger partial charge is 0.415 e. The Morgan fingerprint density at radius 2 is 1.42 bits per heavy atom. The summed E-state index contributed by atoms with van der Waals surface area (Å²) in [5.41, 5.74) is 3.02. The van der Waals surface area contributed by atoms with Gasteiger partial charge in [0.2, 0.25) is 11.8 Å². The molecule has 0 aromatic heterocycles. The van der Waals surface area contributed by atoms with Crippen LogP contribution < -0.4 is 24.6 Å². The maximum absolute atomic E-state index is 13.4. The molecule has 306 valence electrons. The summed E-state index contributed by atoms with van der Waals surface area (Å²) in [5, 5.41) is 11.8. The Bertz CT molecular complexity index is 2200. The first-order valence-electron chi connectivity index (χ1n) is 20.7. The highest BCUT2D eigenvalue weighted by Crippen LogP contribution is 2.39. The fraction of sp³-hybridized carbons (Fsp3) is 0.455. The molecular weight excluding hydrogens is 774 g/mol. The van der Waals surface area contributed by atoms with E-state index in [0.717, 1.165) is 87.8 Å². The van der Waals surface area contributed by atoms with Crippen molar-refractivity contribution in [1.82, 2.24) is 20.0 Å². The number of nitrogens with zero attached hydrogens (tertiary/aromatic N) is 6. The molecule has 15 heteroatoms. The maximum Gasteiger partial charge on any atom is 0.415 e. The number of fused-ring (bicyclic) bond motifs is 3. The molecular formula is C44H46ClN7O7. The average Bonchev–Trinajstić information content (AvgIpc) is 3.65. The van der Waals surface area contributed by atoms with Gasteiger partial charge in [-0.3, -0.25) is 34.3 Å². The van der Waals surface area contributed by atoms with Crippen LogP contribution in [0, 0.1) is 17.2 Å². The number of imide groups is 2. The largest absolute Gasteiger partial charge is 0.490 e. The van der Waals surface area contributed by atoms with Crippen LogP contribution in [-0.2, 0) is 9.59 Å². The van der Waals surface area contributed by atoms with Gasteiger partial charge >= 0.3 is 6.09 Å². The van der Waals surface area contributed by atoms with Gasteiger partial charge in [-0.15, -0.1) is 0 Å². The van der Waals surface area contributed by atoms with Gasteiger partial charge in [0, 0.05) is 94.6 Å². The molecule has 59 heavy (non-hydrogen) atoms. The average molecular weight is 820 g/mol. The van der Waals surface area contributed by atoms with Gasteiger partial charge in [-0.25, -0.2) is 4.79 Å². The lowest BCUT2D eigenvalue weighted by Crippen LogP contribution is -2.54. The van der Waals surface area contributed by atoms with Gasteiger partial charge in [0.1, 0.15) is 29.7 Å². The number of nitriles is 1. The van der Waals surface area contributed by atoms with Crippen molar-refractivity contribution in [2.75, 3.05) is 55.6 Å². The minimum absolute atomic E-state index is 0.0393. The molecule has 6 aliphatic rings. The summed E-state index contributed by atoms with van der Waals surface area (Å²) in [6, 6.07) is 19.5. The van der Waals surface area contributed by atoms with Crippen LogP contribution in [0.25, 0.3) is 0 Å². The van der Waals surface area contributed by atoms with E-state index in [2.05, 4.69) is 26.1 Å². The van der Waals surface area contributed by atoms with Crippen molar-refractivity contribution >= 4 is 52.7 Å². The Hall–Kier alpha value is -5.65. The van der Waals surface area contributed by atoms with Crippen LogP contribution in [0.3, 0.4) is 0 Å². The first-order valence-corrected chi connectivity index (χ1v) is 21.0. The number of piperidine rings is 3. The lowest BCUT2D eigenvalue weighted by molar-refractivity contribution is -0.136. The number of carbonyl (C=O) groups is 5. The highest BCUT2D eigenvalue weighted by atomic mass is 35.5. The van der Waals surface area contributed by atoms with E-state index >= 15 is 0 Å². The van der Waals surface area contributed by atoms with Crippen LogP contribution in [-0.4, -0.2) is 114 Å². The molecule has 6 heterocycles. The van der Waals surface area contributed by atoms with Gasteiger partial charge in [-0.1, -0.05) is 11.6 Å². The number of carbonyl (C=O) groups excluding carboxylic acids is 5. The van der Waals surface area contributed by atoms with E-state index < -0.39 is 29.7 Å². The molecule has 3 aromatic rings. The van der Waals surface area contributed by atoms with Gasteiger partial charge in [0.25, 0.3) is 11.8 Å². The molecule has 6 aliphatic heterocycles. The van der Waals surface area contributed by atoms with Gasteiger partial charge in [-0.2, -0.15) is 5.26 Å². The number of ether oxygens (including phenoxy) is 2. The molecule has 2 bridgehead atoms. The molecule has 1 N–H and O–H groups in total. The van der Waals surface area contributed by atoms with Crippen molar-refractivity contribution in [3.63, 3.8) is 0 Å². The number of hydrogen-bond acceptors (Lipinski definition) is 11. The first kappa shape index (κ1) is 38.8. The van der Waals surface area contributed by atoms with E-state index in [1.54, 1.807) is 30.3 Å². The topological polar surface area (TPSA) is 156 Å². The third-order valence-electron chi connectivity index (χ3n) is 13.0. The zero-order chi connectivity index (χ0) is 40.8. The van der Waals surface area contributed by atoms with Gasteiger partial charge < -0.3 is 24.2 Å². The summed E-state index contributed by atoms with van der Waals surface area (Å²) in [6.07, 6.45) is 5.17. The van der Waals surface area contributed by atoms with Crippen LogP contribution in [0.15, 0.2) is 60.7 Å². The fourth-order valence-electron chi connectivity index (χ4n) is 9.84. The number of hydrogen-bond donors (Lipinski definition) is 1. The standard InChI is InChI=1S/C44H46ClN7O7/c45-38-24-34(7-1-28(38)25-46)58-35-21-31-2-3-32(22-35)51(31)44(57)59-33-8-4-29(5-9-33)50-19-17-48(18-20-50)26-27-13-15-49(16-14-27)30-6-10-36-37(23-30)43(56)52(42(36)55)39-11-12-40(53)47-41(39)54/h1,4-10,23-24,27,31-32,35,39H,2-3,11-22,26H2,(H,47,53,54)/t31-,32+,35?,39?. The lowest BCUT2D eigenvalue weighted by atomic mass is 9.95. The molecule has 4 atom stereocenters. The lowest BCUT2D eigenvalue weighted by Gasteiger charge is -2.40. The Kier molecular flexibility index (Phi) is 10.7. The molecule has 0 radical (unpaired) electrons. The van der Waals surface area contributed by atoms with E-state index in [-0.39, 0.29) is 37.1 Å². The van der Waals surface area contributed by atoms with Crippen molar-refractivity contribution in [2.45, 2.75) is 75.6 Å². The SMILES string of the molecule is N#Cc1ccc(OC2C[C@H]3CC[C@@H](C2)N3C(=O)Oc2ccc(N3CCN(CC4CCN(c5ccc6c(c5)C(=O)N(C5CCC(=O)NC5=O)C6=O)CC4)CC3)cc2)cc1Cl. The monoisotopic (exact) mass is 819 g/mol. The Labute approximate surface area is 347 Å². The molecule has 5 amide bonds. The molecule has 0 aliphatic carbocycles. The summed E-state index contributed by atoms with van der Waals surface area (Å²) in [7, 11) is 0. The molecule has 9 rings (SSSR count). The van der Waals surface area contributed by atoms with Crippen LogP contribution in [0.5, 0.6) is 11.5 Å². The second-order valence-electron chi connectivity index (χ2n) is 16.5. The van der Waals surface area contributed by atoms with Gasteiger partial charge in [0.15, 0.2) is 0 Å². The van der Waals surface area contributed by atoms with Crippen molar-refractivity contribution in [2.24, 2.45) is 5.92 Å². The van der Waals surface area contributed by atoms with Crippen molar-refractivity contribution < 1.29 is 33.4 Å². The predicted octanol–water partition coefficient (Wildman–Crippen LogP) is 5.22. The molecule has 5 fully saturated rings. The number of nitrogens with one attached hydrogen (secondary N) is 1. The van der Waals surface area contributed by atoms with E-state index in [1.807, 2.05) is 35.2 Å². The molecule has 0 saturated carbocycles. The highest BCUT2D eigenvalue weighted by molar-refractivity contribution is 6.31. The quantitative estimate of drug-likeness (QED) is 0.298. The fourth-order valence-corrected chi connectivity index (χ4v) is 10.0. The van der Waals surface area contributed by atoms with E-state index in [4.69, 9.17) is 26.3 Å². The molecule has 0 spiro atoms. The Morgan fingerprint density at radius 1 is 0.763 bits per heavy atom. The predicted molar refractivity (Wildman–Crippen MR) is 218 cm³/mol. The number of halogens is 1. The van der Waals surface area contributed by atoms with Gasteiger partial charge in [0.05, 0.1) is 21.7 Å². The van der Waals surface area contributed by atoms with Crippen molar-refractivity contribution in [3.05, 3.63) is 82.4 Å². The number of benzene rings is 3. The summed E-state index contributed by atoms with van der Waals surface area (Å²) in [5.74, 6) is -0.247. The van der Waals surface area contributed by atoms with Crippen molar-refractivity contribution in [3.8, 4) is 17.6 Å². The summed E-state index contributed by atoms with van der Waals surface area (Å²) in [6.45, 7) is 6.47. The first-order chi connectivity index (χ1) is 28.6. The summed E-state index contributed by atoms with van der Waals surface area (Å²) >= 11 is 6.20. The summed E-state index contributed by atoms with van der Waals surface area (Å²) in [4.78, 5) is 74.0. The normalized spacial score (nSPS) is 24.9. The molecule has 5 saturated heterocycles. The molecule has 14 nitrogen and oxygen atoms in total. The Balaban J connectivity index is 0.713. The van der Waals surface area contributed by atoms with E-state index in [9.17, 15) is 24.0 Å². The van der Waals surface area contributed by atoms with Crippen LogP contribution in [0.1, 0.15) is 77.6 Å². The second-order valence-corrected chi connectivity index (χ2v) is 16.9. The zero-order valence-corrected chi connectivity index (χ0v) is 33.4. The number of anilines is 2. The van der Waals surface area contributed by atoms with Crippen LogP contribution in [0.4, 0.5) is 16.2 Å². The van der Waals surface area contributed by atoms with Crippen LogP contribution >= 0.6 is 11.6 Å². The Morgan fingerprint density at radius 3 is 2.10 bits per heavy atom. The third-order valence-corrected chi connectivity index (χ3v) is 13.3. The number of amides is 5.